The molecule has 2 fully saturated rings. The Morgan fingerprint density at radius 2 is 1.85 bits per heavy atom. The van der Waals surface area contributed by atoms with Gasteiger partial charge in [-0.25, -0.2) is 8.42 Å². The molecule has 1 amide bonds. The number of likely N-dealkylation sites (tertiary alicyclic amines) is 2. The van der Waals surface area contributed by atoms with Gasteiger partial charge >= 0.3 is 0 Å². The summed E-state index contributed by atoms with van der Waals surface area (Å²) in [6.45, 7) is 3.50. The smallest absolute Gasteiger partial charge is 0.223 e. The molecule has 2 heterocycles. The van der Waals surface area contributed by atoms with Gasteiger partial charge in [0, 0.05) is 37.8 Å². The van der Waals surface area contributed by atoms with Crippen LogP contribution in [0.5, 0.6) is 0 Å². The van der Waals surface area contributed by atoms with Gasteiger partial charge in [-0.15, -0.1) is 0 Å². The second-order valence-corrected chi connectivity index (χ2v) is 8.30. The maximum Gasteiger partial charge on any atom is 0.223 e. The first kappa shape index (κ1) is 15.7. The van der Waals surface area contributed by atoms with Gasteiger partial charge in [0.1, 0.15) is 9.84 Å². The van der Waals surface area contributed by atoms with Crippen molar-refractivity contribution in [3.63, 3.8) is 0 Å². The second kappa shape index (κ2) is 6.41. The van der Waals surface area contributed by atoms with Crippen LogP contribution in [0.15, 0.2) is 0 Å². The molecular weight excluding hydrogens is 278 g/mol. The molecule has 0 bridgehead atoms. The number of piperidine rings is 1. The number of hydrogen-bond donors (Lipinski definition) is 1. The fraction of sp³-hybridized carbons (Fsp3) is 0.923. The molecule has 0 aliphatic carbocycles. The van der Waals surface area contributed by atoms with Gasteiger partial charge < -0.3 is 10.6 Å². The Labute approximate surface area is 121 Å². The van der Waals surface area contributed by atoms with E-state index in [1.54, 1.807) is 0 Å². The highest BCUT2D eigenvalue weighted by Crippen LogP contribution is 2.20. The lowest BCUT2D eigenvalue weighted by molar-refractivity contribution is -0.129. The summed E-state index contributed by atoms with van der Waals surface area (Å²) in [7, 11) is -3.06. The van der Waals surface area contributed by atoms with Crippen molar-refractivity contribution in [2.75, 3.05) is 38.2 Å². The average Bonchev–Trinajstić information content (AvgIpc) is 2.85. The molecule has 0 spiro atoms. The van der Waals surface area contributed by atoms with Crippen LogP contribution in [0.1, 0.15) is 25.7 Å². The molecule has 0 aromatic carbocycles. The van der Waals surface area contributed by atoms with E-state index in [-0.39, 0.29) is 18.1 Å². The number of amides is 1. The van der Waals surface area contributed by atoms with Gasteiger partial charge in [0.2, 0.25) is 5.91 Å². The molecule has 2 rings (SSSR count). The van der Waals surface area contributed by atoms with Crippen molar-refractivity contribution in [1.29, 1.82) is 0 Å². The van der Waals surface area contributed by atoms with Crippen molar-refractivity contribution in [2.24, 2.45) is 5.73 Å². The van der Waals surface area contributed by atoms with E-state index in [9.17, 15) is 13.2 Å². The number of nitrogens with zero attached hydrogens (tertiary/aromatic N) is 2. The summed E-state index contributed by atoms with van der Waals surface area (Å²) < 4.78 is 22.2. The van der Waals surface area contributed by atoms with Crippen LogP contribution in [0.4, 0.5) is 0 Å². The SMILES string of the molecule is CS(=O)(=O)CCC(=O)N1CCC(N2CCC(N)CC2)C1. The van der Waals surface area contributed by atoms with Crippen LogP contribution >= 0.6 is 0 Å². The molecule has 0 saturated carbocycles. The zero-order chi connectivity index (χ0) is 14.8. The fourth-order valence-electron chi connectivity index (χ4n) is 2.98. The number of carbonyl (C=O) groups is 1. The summed E-state index contributed by atoms with van der Waals surface area (Å²) in [6, 6.07) is 0.741. The Morgan fingerprint density at radius 3 is 2.45 bits per heavy atom. The van der Waals surface area contributed by atoms with Crippen LogP contribution < -0.4 is 5.73 Å². The largest absolute Gasteiger partial charge is 0.341 e. The monoisotopic (exact) mass is 303 g/mol. The third-order valence-electron chi connectivity index (χ3n) is 4.29. The van der Waals surface area contributed by atoms with Crippen molar-refractivity contribution in [3.05, 3.63) is 0 Å². The van der Waals surface area contributed by atoms with Gasteiger partial charge in [0.25, 0.3) is 0 Å². The molecule has 116 valence electrons. The van der Waals surface area contributed by atoms with Crippen LogP contribution in [0.3, 0.4) is 0 Å². The Morgan fingerprint density at radius 1 is 1.20 bits per heavy atom. The van der Waals surface area contributed by atoms with E-state index in [0.29, 0.717) is 12.1 Å². The van der Waals surface area contributed by atoms with Crippen LogP contribution in [-0.2, 0) is 14.6 Å². The molecule has 20 heavy (non-hydrogen) atoms. The van der Waals surface area contributed by atoms with E-state index < -0.39 is 9.84 Å². The van der Waals surface area contributed by atoms with Crippen molar-refractivity contribution < 1.29 is 13.2 Å². The third-order valence-corrected chi connectivity index (χ3v) is 5.24. The van der Waals surface area contributed by atoms with E-state index in [1.165, 1.54) is 6.26 Å². The van der Waals surface area contributed by atoms with E-state index in [0.717, 1.165) is 45.4 Å². The predicted octanol–water partition coefficient (Wildman–Crippen LogP) is -0.555. The number of rotatable bonds is 4. The first-order valence-electron chi connectivity index (χ1n) is 7.30. The second-order valence-electron chi connectivity index (χ2n) is 6.04. The van der Waals surface area contributed by atoms with E-state index in [4.69, 9.17) is 5.73 Å². The fourth-order valence-corrected chi connectivity index (χ4v) is 3.53. The van der Waals surface area contributed by atoms with Gasteiger partial charge in [0.15, 0.2) is 0 Å². The zero-order valence-electron chi connectivity index (χ0n) is 12.1. The molecule has 6 nitrogen and oxygen atoms in total. The van der Waals surface area contributed by atoms with Gasteiger partial charge in [-0.1, -0.05) is 0 Å². The van der Waals surface area contributed by atoms with Crippen molar-refractivity contribution in [1.82, 2.24) is 9.80 Å². The third kappa shape index (κ3) is 4.43. The Hall–Kier alpha value is -0.660. The van der Waals surface area contributed by atoms with Crippen LogP contribution in [0, 0.1) is 0 Å². The minimum atomic E-state index is -3.06. The van der Waals surface area contributed by atoms with Crippen LogP contribution in [0.25, 0.3) is 0 Å². The summed E-state index contributed by atoms with van der Waals surface area (Å²) >= 11 is 0. The Balaban J connectivity index is 1.78. The maximum atomic E-state index is 12.0. The highest BCUT2D eigenvalue weighted by Gasteiger charge is 2.31. The van der Waals surface area contributed by atoms with Crippen molar-refractivity contribution in [2.45, 2.75) is 37.8 Å². The summed E-state index contributed by atoms with van der Waals surface area (Å²) in [6.07, 6.45) is 4.32. The summed E-state index contributed by atoms with van der Waals surface area (Å²) in [4.78, 5) is 16.2. The van der Waals surface area contributed by atoms with E-state index in [1.807, 2.05) is 4.90 Å². The predicted molar refractivity (Wildman–Crippen MR) is 78.1 cm³/mol. The Kier molecular flexibility index (Phi) is 5.04. The van der Waals surface area contributed by atoms with Gasteiger partial charge in [-0.05, 0) is 32.4 Å². The molecule has 0 aromatic rings. The quantitative estimate of drug-likeness (QED) is 0.753. The van der Waals surface area contributed by atoms with E-state index >= 15 is 0 Å². The molecule has 2 N–H and O–H groups in total. The minimum Gasteiger partial charge on any atom is -0.341 e. The molecule has 1 unspecified atom stereocenters. The minimum absolute atomic E-state index is 0.0355. The standard InChI is InChI=1S/C13H25N3O3S/c1-20(18,19)9-5-13(17)16-8-4-12(10-16)15-6-2-11(14)3-7-15/h11-12H,2-10,14H2,1H3. The first-order chi connectivity index (χ1) is 9.35. The lowest BCUT2D eigenvalue weighted by Crippen LogP contribution is -2.46. The number of nitrogens with two attached hydrogens (primary N) is 1. The van der Waals surface area contributed by atoms with Crippen molar-refractivity contribution >= 4 is 15.7 Å². The molecule has 7 heteroatoms. The first-order valence-corrected chi connectivity index (χ1v) is 9.36. The molecule has 2 saturated heterocycles. The Bertz CT molecular complexity index is 444. The topological polar surface area (TPSA) is 83.7 Å². The molecule has 0 aromatic heterocycles. The lowest BCUT2D eigenvalue weighted by Gasteiger charge is -2.34. The van der Waals surface area contributed by atoms with Gasteiger partial charge in [-0.3, -0.25) is 9.69 Å². The average molecular weight is 303 g/mol. The molecular formula is C13H25N3O3S. The molecule has 2 aliphatic rings. The summed E-state index contributed by atoms with van der Waals surface area (Å²) in [5, 5.41) is 0. The van der Waals surface area contributed by atoms with Crippen molar-refractivity contribution in [3.8, 4) is 0 Å². The highest BCUT2D eigenvalue weighted by molar-refractivity contribution is 7.90. The van der Waals surface area contributed by atoms with Gasteiger partial charge in [-0.2, -0.15) is 0 Å². The lowest BCUT2D eigenvalue weighted by atomic mass is 10.0. The molecule has 0 radical (unpaired) electrons. The normalized spacial score (nSPS) is 26.1. The highest BCUT2D eigenvalue weighted by atomic mass is 32.2. The van der Waals surface area contributed by atoms with Crippen LogP contribution in [-0.4, -0.2) is 74.4 Å². The number of carbonyl (C=O) groups excluding carboxylic acids is 1. The summed E-state index contributed by atoms with van der Waals surface area (Å²) in [5.74, 6) is -0.0856. The maximum absolute atomic E-state index is 12.0. The molecule has 1 atom stereocenters. The van der Waals surface area contributed by atoms with E-state index in [2.05, 4.69) is 4.90 Å². The number of hydrogen-bond acceptors (Lipinski definition) is 5. The zero-order valence-corrected chi connectivity index (χ0v) is 12.9. The van der Waals surface area contributed by atoms with Gasteiger partial charge in [0.05, 0.1) is 5.75 Å². The molecule has 2 aliphatic heterocycles. The summed E-state index contributed by atoms with van der Waals surface area (Å²) in [5.41, 5.74) is 5.90. The van der Waals surface area contributed by atoms with Crippen LogP contribution in [0.2, 0.25) is 0 Å². The number of sulfone groups is 1.